The van der Waals surface area contributed by atoms with Crippen molar-refractivity contribution in [2.45, 2.75) is 11.7 Å². The normalized spacial score (nSPS) is 13.1. The zero-order valence-corrected chi connectivity index (χ0v) is 6.75. The summed E-state index contributed by atoms with van der Waals surface area (Å²) in [7, 11) is 0. The number of nitrogens with two attached hydrogens (primary N) is 1. The van der Waals surface area contributed by atoms with Crippen LogP contribution in [0.3, 0.4) is 0 Å². The molecule has 0 aromatic rings. The van der Waals surface area contributed by atoms with Crippen LogP contribution in [-0.2, 0) is 4.79 Å². The van der Waals surface area contributed by atoms with Gasteiger partial charge in [0.05, 0.1) is 0 Å². The molecule has 0 rings (SSSR count). The number of rotatable bonds is 4. The van der Waals surface area contributed by atoms with Crippen molar-refractivity contribution in [3.05, 3.63) is 0 Å². The molecule has 0 amide bonds. The van der Waals surface area contributed by atoms with Gasteiger partial charge in [-0.05, 0) is 0 Å². The van der Waals surface area contributed by atoms with Crippen LogP contribution in [0.4, 0.5) is 0 Å². The first kappa shape index (κ1) is 8.95. The molecular formula is C5H10NO2Se. The van der Waals surface area contributed by atoms with Gasteiger partial charge in [-0.2, -0.15) is 0 Å². The van der Waals surface area contributed by atoms with Crippen LogP contribution in [0.2, 0.25) is 5.32 Å². The predicted octanol–water partition coefficient (Wildman–Crippen LogP) is -0.377. The van der Waals surface area contributed by atoms with E-state index in [1.807, 2.05) is 0 Å². The molecule has 0 aromatic heterocycles. The Balaban J connectivity index is 3.43. The second kappa shape index (κ2) is 4.79. The predicted molar refractivity (Wildman–Crippen MR) is 35.4 cm³/mol. The van der Waals surface area contributed by atoms with Gasteiger partial charge in [-0.3, -0.25) is 0 Å². The number of carboxylic acid groups (broad SMARTS) is 1. The second-order valence-electron chi connectivity index (χ2n) is 1.87. The van der Waals surface area contributed by atoms with E-state index in [0.29, 0.717) is 6.54 Å². The van der Waals surface area contributed by atoms with Gasteiger partial charge in [0, 0.05) is 0 Å². The average Bonchev–Trinajstić information content (AvgIpc) is 1.82. The van der Waals surface area contributed by atoms with Crippen LogP contribution in [0.1, 0.15) is 6.42 Å². The van der Waals surface area contributed by atoms with Crippen molar-refractivity contribution < 1.29 is 9.90 Å². The summed E-state index contributed by atoms with van der Waals surface area (Å²) in [5.74, 6) is -0.678. The van der Waals surface area contributed by atoms with Gasteiger partial charge < -0.3 is 0 Å². The first-order chi connectivity index (χ1) is 4.20. The Bertz CT molecular complexity index is 93.0. The molecule has 0 aliphatic rings. The molecule has 0 fully saturated rings. The summed E-state index contributed by atoms with van der Waals surface area (Å²) in [5.41, 5.74) is 5.25. The first-order valence-electron chi connectivity index (χ1n) is 2.70. The molecule has 0 aliphatic carbocycles. The van der Waals surface area contributed by atoms with Gasteiger partial charge in [-0.25, -0.2) is 0 Å². The molecule has 1 radical (unpaired) electrons. The second-order valence-corrected chi connectivity index (χ2v) is 2.57. The van der Waals surface area contributed by atoms with E-state index in [1.54, 1.807) is 0 Å². The molecule has 4 heteroatoms. The SMILES string of the molecule is NCC(C[Se])CC(=O)O. The molecule has 3 nitrogen and oxygen atoms in total. The fourth-order valence-corrected chi connectivity index (χ4v) is 0.990. The molecule has 1 unspecified atom stereocenters. The Kier molecular flexibility index (Phi) is 4.77. The van der Waals surface area contributed by atoms with Crippen molar-refractivity contribution in [1.82, 2.24) is 0 Å². The zero-order valence-electron chi connectivity index (χ0n) is 5.04. The van der Waals surface area contributed by atoms with E-state index in [9.17, 15) is 4.79 Å². The van der Waals surface area contributed by atoms with Crippen LogP contribution in [-0.4, -0.2) is 33.6 Å². The summed E-state index contributed by atoms with van der Waals surface area (Å²) < 4.78 is 0. The van der Waals surface area contributed by atoms with Crippen LogP contribution in [0.25, 0.3) is 0 Å². The Morgan fingerprint density at radius 1 is 1.78 bits per heavy atom. The Morgan fingerprint density at radius 3 is 2.44 bits per heavy atom. The molecule has 0 bridgehead atoms. The monoisotopic (exact) mass is 196 g/mol. The molecular weight excluding hydrogens is 185 g/mol. The van der Waals surface area contributed by atoms with Crippen molar-refractivity contribution in [2.24, 2.45) is 11.7 Å². The van der Waals surface area contributed by atoms with Crippen molar-refractivity contribution in [3.8, 4) is 0 Å². The van der Waals surface area contributed by atoms with E-state index in [1.165, 1.54) is 0 Å². The van der Waals surface area contributed by atoms with Crippen LogP contribution in [0, 0.1) is 5.92 Å². The Hall–Kier alpha value is -0.0505. The van der Waals surface area contributed by atoms with Crippen LogP contribution >= 0.6 is 0 Å². The van der Waals surface area contributed by atoms with Crippen molar-refractivity contribution >= 4 is 22.0 Å². The number of carboxylic acids is 1. The van der Waals surface area contributed by atoms with Gasteiger partial charge in [-0.1, -0.05) is 0 Å². The number of hydrogen-bond acceptors (Lipinski definition) is 2. The molecule has 0 saturated carbocycles. The molecule has 9 heavy (non-hydrogen) atoms. The number of carbonyl (C=O) groups is 1. The van der Waals surface area contributed by atoms with E-state index >= 15 is 0 Å². The van der Waals surface area contributed by atoms with Gasteiger partial charge in [0.25, 0.3) is 0 Å². The summed E-state index contributed by atoms with van der Waals surface area (Å²) >= 11 is 2.76. The molecule has 0 saturated heterocycles. The van der Waals surface area contributed by atoms with Gasteiger partial charge in [0.1, 0.15) is 0 Å². The van der Waals surface area contributed by atoms with Crippen LogP contribution in [0.15, 0.2) is 0 Å². The quantitative estimate of drug-likeness (QED) is 0.601. The van der Waals surface area contributed by atoms with Gasteiger partial charge >= 0.3 is 61.8 Å². The van der Waals surface area contributed by atoms with Crippen LogP contribution < -0.4 is 5.73 Å². The molecule has 0 spiro atoms. The Morgan fingerprint density at radius 2 is 2.33 bits per heavy atom. The van der Waals surface area contributed by atoms with Crippen LogP contribution in [0.5, 0.6) is 0 Å². The molecule has 0 aliphatic heterocycles. The Labute approximate surface area is 62.4 Å². The van der Waals surface area contributed by atoms with Gasteiger partial charge in [0.15, 0.2) is 0 Å². The van der Waals surface area contributed by atoms with Crippen molar-refractivity contribution in [3.63, 3.8) is 0 Å². The minimum absolute atomic E-state index is 0.0995. The van der Waals surface area contributed by atoms with E-state index in [2.05, 4.69) is 16.0 Å². The first-order valence-corrected chi connectivity index (χ1v) is 3.91. The third-order valence-electron chi connectivity index (χ3n) is 1.03. The van der Waals surface area contributed by atoms with E-state index in [-0.39, 0.29) is 12.3 Å². The van der Waals surface area contributed by atoms with E-state index in [0.717, 1.165) is 5.32 Å². The molecule has 1 atom stereocenters. The fraction of sp³-hybridized carbons (Fsp3) is 0.800. The average molecular weight is 195 g/mol. The molecule has 0 aromatic carbocycles. The molecule has 53 valence electrons. The standard InChI is InChI=1S/C5H10NO2Se/c6-2-4(3-9)1-5(7)8/h4H,1-3,6H2,(H,7,8). The minimum atomic E-state index is -0.777. The third-order valence-corrected chi connectivity index (χ3v) is 2.02. The topological polar surface area (TPSA) is 63.3 Å². The summed E-state index contributed by atoms with van der Waals surface area (Å²) in [6.45, 7) is 0.444. The van der Waals surface area contributed by atoms with Gasteiger partial charge in [-0.15, -0.1) is 0 Å². The summed E-state index contributed by atoms with van der Waals surface area (Å²) in [5, 5.41) is 9.00. The summed E-state index contributed by atoms with van der Waals surface area (Å²) in [6, 6.07) is 0. The number of hydrogen-bond donors (Lipinski definition) is 2. The number of aliphatic carboxylic acids is 1. The van der Waals surface area contributed by atoms with Gasteiger partial charge in [0.2, 0.25) is 0 Å². The summed E-state index contributed by atoms with van der Waals surface area (Å²) in [4.78, 5) is 10.1. The maximum atomic E-state index is 10.1. The fourth-order valence-electron chi connectivity index (χ4n) is 0.457. The molecule has 3 N–H and O–H groups in total. The third kappa shape index (κ3) is 4.45. The summed E-state index contributed by atoms with van der Waals surface area (Å²) in [6.07, 6.45) is 0.170. The zero-order chi connectivity index (χ0) is 7.28. The van der Waals surface area contributed by atoms with Crippen molar-refractivity contribution in [1.29, 1.82) is 0 Å². The van der Waals surface area contributed by atoms with Crippen molar-refractivity contribution in [2.75, 3.05) is 6.54 Å². The molecule has 0 heterocycles. The van der Waals surface area contributed by atoms with E-state index < -0.39 is 5.97 Å². The maximum absolute atomic E-state index is 10.1. The van der Waals surface area contributed by atoms with E-state index in [4.69, 9.17) is 10.8 Å².